The molecule has 0 fully saturated rings. The minimum absolute atomic E-state index is 0.691. The van der Waals surface area contributed by atoms with Crippen LogP contribution in [0, 0.1) is 13.8 Å². The van der Waals surface area contributed by atoms with Gasteiger partial charge in [0.2, 0.25) is 0 Å². The molecular weight excluding hydrogens is 228 g/mol. The number of aromatic nitrogens is 3. The molecule has 0 bridgehead atoms. The number of nitrogens with zero attached hydrogens (tertiary/aromatic N) is 3. The summed E-state index contributed by atoms with van der Waals surface area (Å²) in [6, 6.07) is 4.12. The lowest BCUT2D eigenvalue weighted by Gasteiger charge is -2.14. The van der Waals surface area contributed by atoms with E-state index in [1.165, 1.54) is 0 Å². The monoisotopic (exact) mass is 246 g/mol. The van der Waals surface area contributed by atoms with Gasteiger partial charge in [-0.2, -0.15) is 0 Å². The van der Waals surface area contributed by atoms with Crippen molar-refractivity contribution in [3.8, 4) is 5.75 Å². The van der Waals surface area contributed by atoms with E-state index in [1.807, 2.05) is 14.0 Å². The number of nitrogens with one attached hydrogen (secondary N) is 1. The van der Waals surface area contributed by atoms with Crippen molar-refractivity contribution in [3.63, 3.8) is 0 Å². The third kappa shape index (κ3) is 2.30. The Morgan fingerprint density at radius 3 is 2.72 bits per heavy atom. The largest absolute Gasteiger partial charge is 0.496 e. The standard InChI is InChI=1S/C13H18N4O/c1-9-5-6-12(10(2)13(9)18-4)14-7-11-8-15-16-17(11)3/h5-6,8,14H,7H2,1-4H3. The smallest absolute Gasteiger partial charge is 0.126 e. The average Bonchev–Trinajstić information content (AvgIpc) is 2.75. The highest BCUT2D eigenvalue weighted by molar-refractivity contribution is 5.59. The molecule has 0 saturated carbocycles. The molecule has 0 aliphatic carbocycles. The van der Waals surface area contributed by atoms with Gasteiger partial charge in [-0.05, 0) is 25.5 Å². The Bertz CT molecular complexity index is 548. The first-order valence-corrected chi connectivity index (χ1v) is 5.85. The molecule has 18 heavy (non-hydrogen) atoms. The second kappa shape index (κ2) is 5.08. The van der Waals surface area contributed by atoms with Crippen molar-refractivity contribution in [2.75, 3.05) is 12.4 Å². The van der Waals surface area contributed by atoms with E-state index in [0.717, 1.165) is 28.3 Å². The lowest BCUT2D eigenvalue weighted by Crippen LogP contribution is -2.07. The Kier molecular flexibility index (Phi) is 3.50. The summed E-state index contributed by atoms with van der Waals surface area (Å²) in [6.45, 7) is 4.78. The van der Waals surface area contributed by atoms with E-state index in [4.69, 9.17) is 4.74 Å². The van der Waals surface area contributed by atoms with Crippen LogP contribution in [-0.2, 0) is 13.6 Å². The second-order valence-corrected chi connectivity index (χ2v) is 4.29. The molecule has 0 spiro atoms. The number of benzene rings is 1. The van der Waals surface area contributed by atoms with E-state index in [-0.39, 0.29) is 0 Å². The lowest BCUT2D eigenvalue weighted by atomic mass is 10.1. The maximum Gasteiger partial charge on any atom is 0.126 e. The SMILES string of the molecule is COc1c(C)ccc(NCc2cnnn2C)c1C. The van der Waals surface area contributed by atoms with Crippen LogP contribution in [0.15, 0.2) is 18.3 Å². The first kappa shape index (κ1) is 12.4. The van der Waals surface area contributed by atoms with Gasteiger partial charge in [0.05, 0.1) is 25.5 Å². The van der Waals surface area contributed by atoms with E-state index in [1.54, 1.807) is 18.0 Å². The molecule has 5 nitrogen and oxygen atoms in total. The van der Waals surface area contributed by atoms with Gasteiger partial charge < -0.3 is 10.1 Å². The molecule has 0 radical (unpaired) electrons. The van der Waals surface area contributed by atoms with Crippen molar-refractivity contribution in [3.05, 3.63) is 35.2 Å². The third-order valence-electron chi connectivity index (χ3n) is 3.08. The first-order valence-electron chi connectivity index (χ1n) is 5.85. The fraction of sp³-hybridized carbons (Fsp3) is 0.385. The molecule has 1 aromatic carbocycles. The lowest BCUT2D eigenvalue weighted by molar-refractivity contribution is 0.409. The predicted octanol–water partition coefficient (Wildman–Crippen LogP) is 2.05. The zero-order valence-electron chi connectivity index (χ0n) is 11.2. The second-order valence-electron chi connectivity index (χ2n) is 4.29. The highest BCUT2D eigenvalue weighted by Crippen LogP contribution is 2.29. The summed E-state index contributed by atoms with van der Waals surface area (Å²) in [5, 5.41) is 11.1. The summed E-state index contributed by atoms with van der Waals surface area (Å²) in [5.74, 6) is 0.933. The summed E-state index contributed by atoms with van der Waals surface area (Å²) < 4.78 is 7.16. The van der Waals surface area contributed by atoms with Crippen molar-refractivity contribution in [2.45, 2.75) is 20.4 Å². The van der Waals surface area contributed by atoms with Crippen molar-refractivity contribution in [1.29, 1.82) is 0 Å². The van der Waals surface area contributed by atoms with Gasteiger partial charge in [-0.15, -0.1) is 5.10 Å². The predicted molar refractivity (Wildman–Crippen MR) is 70.8 cm³/mol. The van der Waals surface area contributed by atoms with Crippen LogP contribution in [0.2, 0.25) is 0 Å². The van der Waals surface area contributed by atoms with E-state index in [9.17, 15) is 0 Å². The van der Waals surface area contributed by atoms with Gasteiger partial charge in [-0.3, -0.25) is 4.68 Å². The van der Waals surface area contributed by atoms with E-state index in [2.05, 4.69) is 34.7 Å². The fourth-order valence-electron chi connectivity index (χ4n) is 1.99. The van der Waals surface area contributed by atoms with Crippen LogP contribution in [0.5, 0.6) is 5.75 Å². The topological polar surface area (TPSA) is 52.0 Å². The molecule has 1 heterocycles. The van der Waals surface area contributed by atoms with Crippen molar-refractivity contribution < 1.29 is 4.74 Å². The van der Waals surface area contributed by atoms with Gasteiger partial charge in [0.25, 0.3) is 0 Å². The number of rotatable bonds is 4. The van der Waals surface area contributed by atoms with Crippen molar-refractivity contribution >= 4 is 5.69 Å². The summed E-state index contributed by atoms with van der Waals surface area (Å²) in [4.78, 5) is 0. The molecule has 0 saturated heterocycles. The Balaban J connectivity index is 2.18. The number of ether oxygens (including phenoxy) is 1. The third-order valence-corrected chi connectivity index (χ3v) is 3.08. The van der Waals surface area contributed by atoms with Crippen LogP contribution in [0.4, 0.5) is 5.69 Å². The van der Waals surface area contributed by atoms with Crippen molar-refractivity contribution in [1.82, 2.24) is 15.0 Å². The van der Waals surface area contributed by atoms with Gasteiger partial charge in [0.1, 0.15) is 5.75 Å². The van der Waals surface area contributed by atoms with E-state index < -0.39 is 0 Å². The number of hydrogen-bond acceptors (Lipinski definition) is 4. The zero-order chi connectivity index (χ0) is 13.1. The molecule has 0 amide bonds. The summed E-state index contributed by atoms with van der Waals surface area (Å²) in [5.41, 5.74) is 4.36. The Morgan fingerprint density at radius 2 is 2.11 bits per heavy atom. The van der Waals surface area contributed by atoms with Gasteiger partial charge in [0.15, 0.2) is 0 Å². The van der Waals surface area contributed by atoms with Crippen LogP contribution in [0.25, 0.3) is 0 Å². The first-order chi connectivity index (χ1) is 8.63. The Morgan fingerprint density at radius 1 is 1.33 bits per heavy atom. The molecule has 1 aromatic heterocycles. The Hall–Kier alpha value is -2.04. The van der Waals surface area contributed by atoms with Crippen molar-refractivity contribution in [2.24, 2.45) is 7.05 Å². The van der Waals surface area contributed by atoms with Gasteiger partial charge in [-0.25, -0.2) is 0 Å². The molecule has 0 atom stereocenters. The highest BCUT2D eigenvalue weighted by Gasteiger charge is 2.08. The number of anilines is 1. The van der Waals surface area contributed by atoms with Crippen LogP contribution >= 0.6 is 0 Å². The maximum atomic E-state index is 5.41. The van der Waals surface area contributed by atoms with Gasteiger partial charge >= 0.3 is 0 Å². The summed E-state index contributed by atoms with van der Waals surface area (Å²) in [6.07, 6.45) is 1.76. The molecule has 0 aliphatic heterocycles. The number of hydrogen-bond donors (Lipinski definition) is 1. The molecular formula is C13H18N4O. The number of methoxy groups -OCH3 is 1. The minimum Gasteiger partial charge on any atom is -0.496 e. The molecule has 2 rings (SSSR count). The van der Waals surface area contributed by atoms with Crippen LogP contribution < -0.4 is 10.1 Å². The van der Waals surface area contributed by atoms with Crippen LogP contribution in [0.1, 0.15) is 16.8 Å². The molecule has 96 valence electrons. The fourth-order valence-corrected chi connectivity index (χ4v) is 1.99. The highest BCUT2D eigenvalue weighted by atomic mass is 16.5. The number of aryl methyl sites for hydroxylation is 2. The molecule has 0 unspecified atom stereocenters. The van der Waals surface area contributed by atoms with E-state index >= 15 is 0 Å². The maximum absolute atomic E-state index is 5.41. The molecule has 0 aliphatic rings. The van der Waals surface area contributed by atoms with E-state index in [0.29, 0.717) is 6.54 Å². The normalized spacial score (nSPS) is 10.4. The molecule has 5 heteroatoms. The average molecular weight is 246 g/mol. The molecule has 1 N–H and O–H groups in total. The quantitative estimate of drug-likeness (QED) is 0.897. The van der Waals surface area contributed by atoms with Gasteiger partial charge in [0, 0.05) is 18.3 Å². The Labute approximate surface area is 107 Å². The summed E-state index contributed by atoms with van der Waals surface area (Å²) in [7, 11) is 3.58. The molecule has 2 aromatic rings. The van der Waals surface area contributed by atoms with Gasteiger partial charge in [-0.1, -0.05) is 11.3 Å². The minimum atomic E-state index is 0.691. The zero-order valence-corrected chi connectivity index (χ0v) is 11.2. The summed E-state index contributed by atoms with van der Waals surface area (Å²) >= 11 is 0. The van der Waals surface area contributed by atoms with Crippen LogP contribution in [0.3, 0.4) is 0 Å². The van der Waals surface area contributed by atoms with Crippen LogP contribution in [-0.4, -0.2) is 22.1 Å².